The molecule has 0 aliphatic carbocycles. The lowest BCUT2D eigenvalue weighted by atomic mass is 9.99. The second-order valence-corrected chi connectivity index (χ2v) is 5.60. The number of amides is 1. The third-order valence-corrected chi connectivity index (χ3v) is 3.99. The van der Waals surface area contributed by atoms with Gasteiger partial charge in [-0.15, -0.1) is 0 Å². The number of thiocarbonyl (C=S) groups is 1. The summed E-state index contributed by atoms with van der Waals surface area (Å²) in [6, 6.07) is 7.50. The van der Waals surface area contributed by atoms with Crippen molar-refractivity contribution in [2.75, 3.05) is 0 Å². The standard InChI is InChI=1S/C15H18N2O2S/c1-4-15(3,14(16)20)17-13(18)12-8-10-7-9(2)5-6-11(10)19-12/h5-8H,4H2,1-3H3,(H2,16,20)(H,17,18). The predicted molar refractivity (Wildman–Crippen MR) is 83.9 cm³/mol. The Balaban J connectivity index is 2.29. The molecule has 5 heteroatoms. The van der Waals surface area contributed by atoms with Crippen LogP contribution in [-0.4, -0.2) is 16.4 Å². The molecule has 3 N–H and O–H groups in total. The number of furan rings is 1. The fourth-order valence-corrected chi connectivity index (χ4v) is 2.11. The van der Waals surface area contributed by atoms with Gasteiger partial charge in [0.15, 0.2) is 5.76 Å². The summed E-state index contributed by atoms with van der Waals surface area (Å²) in [6.07, 6.45) is 0.618. The van der Waals surface area contributed by atoms with Gasteiger partial charge in [0.2, 0.25) is 0 Å². The highest BCUT2D eigenvalue weighted by atomic mass is 32.1. The highest BCUT2D eigenvalue weighted by molar-refractivity contribution is 7.80. The first-order valence-electron chi connectivity index (χ1n) is 6.48. The van der Waals surface area contributed by atoms with E-state index in [0.29, 0.717) is 12.0 Å². The van der Waals surface area contributed by atoms with Crippen molar-refractivity contribution in [1.82, 2.24) is 5.32 Å². The number of hydrogen-bond donors (Lipinski definition) is 2. The van der Waals surface area contributed by atoms with Crippen LogP contribution in [-0.2, 0) is 0 Å². The lowest BCUT2D eigenvalue weighted by molar-refractivity contribution is 0.0900. The zero-order valence-electron chi connectivity index (χ0n) is 11.8. The number of carbonyl (C=O) groups is 1. The van der Waals surface area contributed by atoms with E-state index >= 15 is 0 Å². The Morgan fingerprint density at radius 2 is 2.15 bits per heavy atom. The van der Waals surface area contributed by atoms with Crippen LogP contribution in [0.25, 0.3) is 11.0 Å². The molecular weight excluding hydrogens is 272 g/mol. The average molecular weight is 290 g/mol. The predicted octanol–water partition coefficient (Wildman–Crippen LogP) is 2.93. The minimum atomic E-state index is -0.707. The van der Waals surface area contributed by atoms with Crippen molar-refractivity contribution in [3.8, 4) is 0 Å². The maximum absolute atomic E-state index is 12.3. The van der Waals surface area contributed by atoms with Crippen LogP contribution in [0, 0.1) is 6.92 Å². The molecule has 0 radical (unpaired) electrons. The van der Waals surface area contributed by atoms with E-state index in [1.165, 1.54) is 0 Å². The summed E-state index contributed by atoms with van der Waals surface area (Å²) >= 11 is 5.01. The summed E-state index contributed by atoms with van der Waals surface area (Å²) in [7, 11) is 0. The molecule has 0 aliphatic rings. The molecule has 0 bridgehead atoms. The molecule has 1 aromatic heterocycles. The van der Waals surface area contributed by atoms with Gasteiger partial charge in [-0.25, -0.2) is 0 Å². The molecule has 1 heterocycles. The molecular formula is C15H18N2O2S. The summed E-state index contributed by atoms with van der Waals surface area (Å²) < 4.78 is 5.56. The lowest BCUT2D eigenvalue weighted by Gasteiger charge is -2.27. The number of nitrogens with one attached hydrogen (secondary N) is 1. The van der Waals surface area contributed by atoms with Gasteiger partial charge in [-0.1, -0.05) is 30.8 Å². The number of carbonyl (C=O) groups excluding carboxylic acids is 1. The van der Waals surface area contributed by atoms with E-state index in [0.717, 1.165) is 10.9 Å². The van der Waals surface area contributed by atoms with E-state index in [-0.39, 0.29) is 16.7 Å². The fraction of sp³-hybridized carbons (Fsp3) is 0.333. The fourth-order valence-electron chi connectivity index (χ4n) is 1.91. The van der Waals surface area contributed by atoms with Gasteiger partial charge >= 0.3 is 0 Å². The number of benzene rings is 1. The van der Waals surface area contributed by atoms with Crippen molar-refractivity contribution in [2.45, 2.75) is 32.7 Å². The van der Waals surface area contributed by atoms with E-state index in [1.807, 2.05) is 32.0 Å². The molecule has 1 unspecified atom stereocenters. The maximum Gasteiger partial charge on any atom is 0.287 e. The van der Waals surface area contributed by atoms with E-state index in [9.17, 15) is 4.79 Å². The van der Waals surface area contributed by atoms with Crippen molar-refractivity contribution in [3.05, 3.63) is 35.6 Å². The zero-order chi connectivity index (χ0) is 14.9. The van der Waals surface area contributed by atoms with E-state index in [1.54, 1.807) is 13.0 Å². The third-order valence-electron chi connectivity index (χ3n) is 3.54. The number of rotatable bonds is 4. The SMILES string of the molecule is CCC(C)(NC(=O)c1cc2cc(C)ccc2o1)C(N)=S. The highest BCUT2D eigenvalue weighted by Crippen LogP contribution is 2.21. The second-order valence-electron chi connectivity index (χ2n) is 5.16. The van der Waals surface area contributed by atoms with Crippen LogP contribution in [0.4, 0.5) is 0 Å². The second kappa shape index (κ2) is 5.25. The lowest BCUT2D eigenvalue weighted by Crippen LogP contribution is -2.54. The monoisotopic (exact) mass is 290 g/mol. The average Bonchev–Trinajstić information content (AvgIpc) is 2.81. The molecule has 0 saturated heterocycles. The molecule has 0 aliphatic heterocycles. The van der Waals surface area contributed by atoms with E-state index < -0.39 is 5.54 Å². The molecule has 1 aromatic carbocycles. The molecule has 2 aromatic rings. The molecule has 4 nitrogen and oxygen atoms in total. The maximum atomic E-state index is 12.3. The van der Waals surface area contributed by atoms with Crippen molar-refractivity contribution in [3.63, 3.8) is 0 Å². The van der Waals surface area contributed by atoms with Gasteiger partial charge in [0.05, 0.1) is 10.5 Å². The smallest absolute Gasteiger partial charge is 0.287 e. The van der Waals surface area contributed by atoms with Crippen LogP contribution in [0.3, 0.4) is 0 Å². The van der Waals surface area contributed by atoms with Crippen molar-refractivity contribution in [2.24, 2.45) is 5.73 Å². The minimum Gasteiger partial charge on any atom is -0.451 e. The first-order valence-corrected chi connectivity index (χ1v) is 6.89. The first kappa shape index (κ1) is 14.5. The van der Waals surface area contributed by atoms with Gasteiger partial charge in [-0.2, -0.15) is 0 Å². The molecule has 1 amide bonds. The van der Waals surface area contributed by atoms with E-state index in [4.69, 9.17) is 22.4 Å². The minimum absolute atomic E-state index is 0.264. The third kappa shape index (κ3) is 2.67. The Bertz CT molecular complexity index is 678. The van der Waals surface area contributed by atoms with Crippen LogP contribution in [0.5, 0.6) is 0 Å². The van der Waals surface area contributed by atoms with Crippen molar-refractivity contribution in [1.29, 1.82) is 0 Å². The molecule has 1 atom stereocenters. The van der Waals surface area contributed by atoms with E-state index in [2.05, 4.69) is 5.32 Å². The Morgan fingerprint density at radius 1 is 1.45 bits per heavy atom. The first-order chi connectivity index (χ1) is 9.35. The number of aryl methyl sites for hydroxylation is 1. The molecule has 0 saturated carbocycles. The van der Waals surface area contributed by atoms with Crippen LogP contribution >= 0.6 is 12.2 Å². The molecule has 0 fully saturated rings. The van der Waals surface area contributed by atoms with Crippen molar-refractivity contribution >= 4 is 34.1 Å². The number of nitrogens with two attached hydrogens (primary N) is 1. The topological polar surface area (TPSA) is 68.3 Å². The molecule has 0 spiro atoms. The zero-order valence-corrected chi connectivity index (χ0v) is 12.6. The summed E-state index contributed by atoms with van der Waals surface area (Å²) in [5, 5.41) is 3.74. The van der Waals surface area contributed by atoms with Gasteiger partial charge in [-0.3, -0.25) is 4.79 Å². The van der Waals surface area contributed by atoms with Gasteiger partial charge < -0.3 is 15.5 Å². The van der Waals surface area contributed by atoms with Gasteiger partial charge in [-0.05, 0) is 38.5 Å². The Kier molecular flexibility index (Phi) is 3.81. The van der Waals surface area contributed by atoms with Crippen LogP contribution < -0.4 is 11.1 Å². The number of hydrogen-bond acceptors (Lipinski definition) is 3. The molecule has 20 heavy (non-hydrogen) atoms. The number of fused-ring (bicyclic) bond motifs is 1. The van der Waals surface area contributed by atoms with Crippen molar-refractivity contribution < 1.29 is 9.21 Å². The van der Waals surface area contributed by atoms with Gasteiger partial charge in [0.1, 0.15) is 5.58 Å². The van der Waals surface area contributed by atoms with Crippen LogP contribution in [0.1, 0.15) is 36.4 Å². The normalized spacial score (nSPS) is 13.9. The quantitative estimate of drug-likeness (QED) is 0.850. The van der Waals surface area contributed by atoms with Crippen LogP contribution in [0.2, 0.25) is 0 Å². The highest BCUT2D eigenvalue weighted by Gasteiger charge is 2.29. The Labute approximate surface area is 123 Å². The summed E-state index contributed by atoms with van der Waals surface area (Å²) in [4.78, 5) is 12.5. The molecule has 2 rings (SSSR count). The largest absolute Gasteiger partial charge is 0.451 e. The summed E-state index contributed by atoms with van der Waals surface area (Å²) in [5.74, 6) is -0.0440. The van der Waals surface area contributed by atoms with Gasteiger partial charge in [0, 0.05) is 5.39 Å². The summed E-state index contributed by atoms with van der Waals surface area (Å²) in [5.41, 5.74) is 6.79. The summed E-state index contributed by atoms with van der Waals surface area (Å²) in [6.45, 7) is 5.72. The van der Waals surface area contributed by atoms with Gasteiger partial charge in [0.25, 0.3) is 5.91 Å². The Morgan fingerprint density at radius 3 is 2.75 bits per heavy atom. The Hall–Kier alpha value is -1.88. The molecule has 106 valence electrons. The van der Waals surface area contributed by atoms with Crippen LogP contribution in [0.15, 0.2) is 28.7 Å².